The van der Waals surface area contributed by atoms with Crippen LogP contribution in [0.5, 0.6) is 0 Å². The first-order chi connectivity index (χ1) is 63.5. The fourth-order valence-corrected chi connectivity index (χ4v) is 17.3. The number of carbonyl (C=O) groups is 5. The molecule has 10 unspecified atom stereocenters. The molecule has 52 heteroatoms. The zero-order valence-corrected chi connectivity index (χ0v) is 117. The molecule has 1 aromatic rings. The van der Waals surface area contributed by atoms with Crippen molar-refractivity contribution in [1.29, 1.82) is 1.76 Å². The first kappa shape index (κ1) is 143. The quantitative estimate of drug-likeness (QED) is 0.0336. The molecule has 0 bridgehead atoms. The second-order valence-electron chi connectivity index (χ2n) is 33.5. The molecule has 0 amide bonds. The molecule has 0 aromatic heterocycles. The third-order valence-corrected chi connectivity index (χ3v) is 24.2. The van der Waals surface area contributed by atoms with E-state index in [-0.39, 0.29) is 155 Å². The van der Waals surface area contributed by atoms with E-state index in [9.17, 15) is 51.1 Å². The number of hydrogen-bond acceptors (Lipinski definition) is 29. The molecule has 5 N–H and O–H groups in total. The smallest absolute Gasteiger partial charge is 0 e. The van der Waals surface area contributed by atoms with Gasteiger partial charge in [-0.15, -0.1) is 6.08 Å². The second kappa shape index (κ2) is 82.3. The summed E-state index contributed by atoms with van der Waals surface area (Å²) < 4.78 is 126. The van der Waals surface area contributed by atoms with Crippen LogP contribution in [0.2, 0.25) is 0 Å². The minimum atomic E-state index is -4.02. The zero-order chi connectivity index (χ0) is 102. The van der Waals surface area contributed by atoms with Crippen molar-refractivity contribution < 1.29 is 211 Å². The molecule has 7 saturated heterocycles. The van der Waals surface area contributed by atoms with Gasteiger partial charge in [-0.2, -0.15) is 14.8 Å². The van der Waals surface area contributed by atoms with Crippen LogP contribution in [0.1, 0.15) is 173 Å². The molecule has 10 atom stereocenters. The van der Waals surface area contributed by atoms with Crippen molar-refractivity contribution >= 4 is 287 Å². The van der Waals surface area contributed by atoms with Gasteiger partial charge in [-0.1, -0.05) is 42.3 Å². The number of ether oxygens (including phenoxy) is 13. The summed E-state index contributed by atoms with van der Waals surface area (Å²) >= 11 is 26.4. The molecule has 7 heterocycles. The van der Waals surface area contributed by atoms with Crippen LogP contribution in [0.4, 0.5) is 3.41 Å². The normalized spacial score (nSPS) is 26.9. The predicted octanol–water partition coefficient (Wildman–Crippen LogP) is 17.5. The summed E-state index contributed by atoms with van der Waals surface area (Å²) in [6, 6.07) is 6.66. The number of carbonyl (C=O) groups excluding carboxylic acids is 5. The first-order valence-electron chi connectivity index (χ1n) is 44.1. The number of epoxide rings is 1. The molecule has 785 valence electrons. The number of benzene rings is 1. The first-order valence-corrected chi connectivity index (χ1v) is 99.3. The Labute approximate surface area is 1010 Å². The summed E-state index contributed by atoms with van der Waals surface area (Å²) in [7, 11) is 13.7. The molecule has 6 spiro atoms. The van der Waals surface area contributed by atoms with E-state index >= 15 is 0 Å². The molecule has 4 radical (unpaired) electrons. The summed E-state index contributed by atoms with van der Waals surface area (Å²) in [6.07, 6.45) is 31.9. The molecule has 136 heavy (non-hydrogen) atoms. The summed E-state index contributed by atoms with van der Waals surface area (Å²) in [4.78, 5) is 64.5. The second-order valence-corrected chi connectivity index (χ2v) is 109. The fourth-order valence-electron chi connectivity index (χ4n) is 16.8. The van der Waals surface area contributed by atoms with E-state index in [1.807, 2.05) is 133 Å². The van der Waals surface area contributed by atoms with Crippen LogP contribution in [-0.2, 0) is 184 Å². The van der Waals surface area contributed by atoms with Gasteiger partial charge >= 0.3 is 301 Å². The average molecular weight is 3600 g/mol. The maximum Gasteiger partial charge on any atom is 0 e. The molecular weight excluding hydrogens is 3460 g/mol. The van der Waals surface area contributed by atoms with Crippen LogP contribution in [0.3, 0.4) is 0 Å². The minimum absolute atomic E-state index is 0. The number of halogens is 13. The van der Waals surface area contributed by atoms with Crippen LogP contribution < -0.4 is 0 Å². The number of aliphatic hydroxyl groups is 4. The van der Waals surface area contributed by atoms with Gasteiger partial charge in [0.05, 0.1) is 140 Å². The van der Waals surface area contributed by atoms with Crippen molar-refractivity contribution in [2.45, 2.75) is 274 Å². The third-order valence-electron chi connectivity index (χ3n) is 23.3. The van der Waals surface area contributed by atoms with Gasteiger partial charge in [0.25, 0.3) is 10.1 Å². The van der Waals surface area contributed by atoms with Crippen LogP contribution in [0, 0.1) is 20.8 Å². The number of nitrogens with zero attached hydrogens (tertiary/aromatic N) is 5. The van der Waals surface area contributed by atoms with E-state index in [1.54, 1.807) is 24.6 Å². The Morgan fingerprint density at radius 3 is 1.21 bits per heavy atom. The van der Waals surface area contributed by atoms with E-state index in [4.69, 9.17) is 73.0 Å². The van der Waals surface area contributed by atoms with Gasteiger partial charge in [0.2, 0.25) is 0 Å². The van der Waals surface area contributed by atoms with Gasteiger partial charge in [-0.25, -0.2) is 0 Å². The molecule has 9 aliphatic carbocycles. The predicted molar refractivity (Wildman–Crippen MR) is 606 cm³/mol. The van der Waals surface area contributed by atoms with Crippen molar-refractivity contribution in [3.05, 3.63) is 79.8 Å². The molecule has 6 saturated carbocycles. The number of allylic oxidation sites excluding steroid dienone is 5. The standard InChI is InChI=1S/3C10H19NO3.C10H17NO3.C8H13NO2.C8H12O3.C8H12O2.C7H8O3S.C6H7O2.C6H8O.CH3.B.FH.12HI.6V.Y.2H/c1-11(2)8-7-10(4-3-9(8)12)13-5-6-14-10;3*1-11(2)8-3-4-10(7-9(8)12)13-5-6-14-10;1-9(2)7-4-3-6(10)5-8(7)11;1-2-8(9-3-4-10-8)5-7-6(1)11-7;1-2-4-8(5-3-1)9-6-7-10-8;1-6-2-4-7(5-3-6)11(8,9)10;7-5-2-1-3-6(8)4-5;7-6-4-2-1-3-5-6;;;;;;;;;;;;;;;;;;;;;;;;/h3*8-9,12H,3-7H2,1-2H3;8H,3-7H2,1-2H3;7H,3-5H2,1-2H3;6-7H,1-5H2;1-2H,3-7H2;2-5H,1H3,(H,8,9,10);2,4,8H,1,3H2;2,4H,1,3,5H2;1H3;;13*1H;;;;;;;;;/q;;;;;;;;-1;;-1;;;;;;;;;;;;;;;5*+2;+3;;;/p-13/i;;;;;;;;;;;;;;;;;;;;;;;;;;;;;;;;2*1+1. The Bertz CT molecular complexity index is 3630. The van der Waals surface area contributed by atoms with Crippen LogP contribution in [0.25, 0.3) is 0 Å². The number of aliphatic hydroxyl groups excluding tert-OH is 4. The van der Waals surface area contributed by atoms with Crippen molar-refractivity contribution in [1.82, 2.24) is 24.5 Å². The third kappa shape index (κ3) is 61.2. The number of aryl methyl sites for hydroxylation is 1. The summed E-state index contributed by atoms with van der Waals surface area (Å²) in [6.45, 7) is 10.2. The average Bonchev–Trinajstić information content (AvgIpc) is 1.62. The van der Waals surface area contributed by atoms with Crippen molar-refractivity contribution in [3.63, 3.8) is 0 Å². The Hall–Kier alpha value is 8.90. The number of ketones is 5. The van der Waals surface area contributed by atoms with E-state index in [2.05, 4.69) is 227 Å². The Morgan fingerprint density at radius 2 is 0.882 bits per heavy atom. The number of fused-ring (bicyclic) bond motifs is 1. The van der Waals surface area contributed by atoms with E-state index < -0.39 is 60.7 Å². The SMILES string of the molecule is C1=CCC2(CC1)OCCO2.C1COC2(CCC3OC3C2)O1.CN(C)C1CC2(CCC1O)OCCO2.CN(C)C1CCC(=O)CC1=O.CN(C)C1CCC2(CC1=O)OCCO2.CN(C)C1CCC2(CC1O)OCCO2.CN(C)C1CCC2(CC1O)OCCO2.Cc1ccc(S(=O)(=O)O)cc1.O=C1C=C(O)CC[CH-]1.O=C1C=CCCC1.[2H][V]([I])[I].[2H][V]([I])[I].[B].[CH3-].[F][V]([I])[I].[I][V][I].[I][V][I].[I][V][I].[Y]. The zero-order valence-electron chi connectivity index (χ0n) is 81.2. The van der Waals surface area contributed by atoms with E-state index in [0.717, 1.165) is 148 Å². The van der Waals surface area contributed by atoms with E-state index in [0.29, 0.717) is 138 Å². The van der Waals surface area contributed by atoms with E-state index in [1.165, 1.54) is 18.2 Å². The van der Waals surface area contributed by atoms with Crippen molar-refractivity contribution in [2.75, 3.05) is 150 Å². The number of Topliss-reactive ketones (excluding diaryl/α,β-unsaturated/α-hetero) is 3. The number of hydrogen-bond donors (Lipinski definition) is 5. The Morgan fingerprint density at radius 1 is 0.500 bits per heavy atom. The topological polar surface area (TPSA) is 360 Å². The monoisotopic (exact) mass is 3600 g/mol. The molecule has 1 aromatic carbocycles. The van der Waals surface area contributed by atoms with Gasteiger partial charge in [-0.05, 0) is 160 Å². The van der Waals surface area contributed by atoms with Gasteiger partial charge in [0, 0.05) is 154 Å². The number of rotatable bonds is 6. The van der Waals surface area contributed by atoms with Gasteiger partial charge in [0.15, 0.2) is 52.1 Å². The summed E-state index contributed by atoms with van der Waals surface area (Å²) in [5.74, 6) is -1.53. The Balaban J connectivity index is 0. The fraction of sp³-hybridized carbons (Fsp3) is 0.774. The van der Waals surface area contributed by atoms with Gasteiger partial charge < -0.3 is 109 Å². The Kier molecular flexibility index (Phi) is 86.5. The molecule has 17 rings (SSSR count). The molecule has 16 aliphatic rings. The maximum absolute atomic E-state index is 11.8. The van der Waals surface area contributed by atoms with Crippen molar-refractivity contribution in [3.8, 4) is 0 Å². The van der Waals surface area contributed by atoms with Crippen LogP contribution in [-0.4, -0.2) is 342 Å². The maximum atomic E-state index is 11.8. The van der Waals surface area contributed by atoms with Crippen molar-refractivity contribution in [2.24, 2.45) is 0 Å². The largest absolute Gasteiger partial charge is 0 e. The minimum Gasteiger partial charge on any atom is 0 e. The van der Waals surface area contributed by atoms with Gasteiger partial charge in [0.1, 0.15) is 5.78 Å². The summed E-state index contributed by atoms with van der Waals surface area (Å²) in [5, 5.41) is 38.5. The molecule has 30 nitrogen and oxygen atoms in total. The van der Waals surface area contributed by atoms with Crippen LogP contribution >= 0.6 is 240 Å². The molecular formula is C84H139BFI12N5O25SV6Y-2. The van der Waals surface area contributed by atoms with Gasteiger partial charge in [-0.3, -0.25) is 33.5 Å². The molecule has 7 aliphatic heterocycles. The molecule has 13 fully saturated rings. The number of likely N-dealkylation sites (N-methyl/N-ethyl adjacent to an activating group) is 5. The summed E-state index contributed by atoms with van der Waals surface area (Å²) in [5.41, 5.74) is 0.956. The van der Waals surface area contributed by atoms with Crippen LogP contribution in [0.15, 0.2) is 65.3 Å².